The van der Waals surface area contributed by atoms with Crippen molar-refractivity contribution in [3.63, 3.8) is 0 Å². The van der Waals surface area contributed by atoms with E-state index in [-0.39, 0.29) is 12.4 Å². The molecular formula is C20H29BrClNO. The maximum absolute atomic E-state index is 5.97. The van der Waals surface area contributed by atoms with Gasteiger partial charge in [0.25, 0.3) is 0 Å². The van der Waals surface area contributed by atoms with Crippen LogP contribution in [0.5, 0.6) is 0 Å². The molecule has 0 fully saturated rings. The lowest BCUT2D eigenvalue weighted by Crippen LogP contribution is -2.14. The third-order valence-electron chi connectivity index (χ3n) is 4.12. The summed E-state index contributed by atoms with van der Waals surface area (Å²) in [7, 11) is 0. The van der Waals surface area contributed by atoms with Crippen LogP contribution in [0.4, 0.5) is 0 Å². The molecule has 134 valence electrons. The highest BCUT2D eigenvalue weighted by Gasteiger charge is 2.07. The van der Waals surface area contributed by atoms with Gasteiger partial charge in [0.05, 0.1) is 6.54 Å². The lowest BCUT2D eigenvalue weighted by Gasteiger charge is -2.04. The van der Waals surface area contributed by atoms with Gasteiger partial charge in [0, 0.05) is 10.0 Å². The Morgan fingerprint density at radius 2 is 1.75 bits per heavy atom. The Labute approximate surface area is 161 Å². The molecule has 0 unspecified atom stereocenters. The molecule has 0 atom stereocenters. The number of benzene rings is 1. The second-order valence-electron chi connectivity index (χ2n) is 6.17. The minimum atomic E-state index is 0. The topological polar surface area (TPSA) is 25.2 Å². The molecule has 0 aliphatic heterocycles. The minimum absolute atomic E-state index is 0. The van der Waals surface area contributed by atoms with Crippen LogP contribution in [-0.4, -0.2) is 6.54 Å². The van der Waals surface area contributed by atoms with Crippen LogP contribution in [0.15, 0.2) is 39.2 Å². The molecule has 0 saturated carbocycles. The third-order valence-corrected chi connectivity index (χ3v) is 4.62. The highest BCUT2D eigenvalue weighted by Crippen LogP contribution is 2.27. The van der Waals surface area contributed by atoms with Crippen LogP contribution in [0.2, 0.25) is 0 Å². The normalized spacial score (nSPS) is 10.6. The van der Waals surface area contributed by atoms with Gasteiger partial charge in [0.15, 0.2) is 0 Å². The van der Waals surface area contributed by atoms with Gasteiger partial charge < -0.3 is 9.73 Å². The third kappa shape index (κ3) is 7.00. The standard InChI is InChI=1S/C20H28BrNO.ClH/c1-3-4-5-6-7-8-13-22-15-18-10-12-20(23-18)19-11-9-17(21)14-16(19)2;/h9-12,14,22H,3-8,13,15H2,1-2H3;1H. The summed E-state index contributed by atoms with van der Waals surface area (Å²) in [5.74, 6) is 1.96. The highest BCUT2D eigenvalue weighted by atomic mass is 79.9. The average molecular weight is 415 g/mol. The van der Waals surface area contributed by atoms with E-state index in [0.29, 0.717) is 0 Å². The van der Waals surface area contributed by atoms with Crippen LogP contribution in [0.25, 0.3) is 11.3 Å². The number of hydrogen-bond acceptors (Lipinski definition) is 2. The number of nitrogens with one attached hydrogen (secondary N) is 1. The predicted molar refractivity (Wildman–Crippen MR) is 109 cm³/mol. The van der Waals surface area contributed by atoms with Crippen molar-refractivity contribution >= 4 is 28.3 Å². The van der Waals surface area contributed by atoms with Gasteiger partial charge in [-0.15, -0.1) is 12.4 Å². The molecule has 0 saturated heterocycles. The van der Waals surface area contributed by atoms with Crippen LogP contribution in [0.1, 0.15) is 56.8 Å². The fourth-order valence-corrected chi connectivity index (χ4v) is 3.24. The van der Waals surface area contributed by atoms with Gasteiger partial charge in [-0.3, -0.25) is 0 Å². The van der Waals surface area contributed by atoms with E-state index in [9.17, 15) is 0 Å². The first-order valence-electron chi connectivity index (χ1n) is 8.76. The molecule has 2 aromatic rings. The molecule has 0 amide bonds. The van der Waals surface area contributed by atoms with Crippen molar-refractivity contribution in [2.45, 2.75) is 58.9 Å². The molecule has 4 heteroatoms. The number of rotatable bonds is 10. The smallest absolute Gasteiger partial charge is 0.134 e. The van der Waals surface area contributed by atoms with Crippen molar-refractivity contribution in [2.75, 3.05) is 6.54 Å². The zero-order chi connectivity index (χ0) is 16.5. The number of hydrogen-bond donors (Lipinski definition) is 1. The summed E-state index contributed by atoms with van der Waals surface area (Å²) < 4.78 is 7.08. The summed E-state index contributed by atoms with van der Waals surface area (Å²) in [4.78, 5) is 0. The number of unbranched alkanes of at least 4 members (excludes halogenated alkanes) is 5. The van der Waals surface area contributed by atoms with Crippen molar-refractivity contribution in [3.05, 3.63) is 46.1 Å². The first-order chi connectivity index (χ1) is 11.2. The van der Waals surface area contributed by atoms with Crippen LogP contribution < -0.4 is 5.32 Å². The van der Waals surface area contributed by atoms with E-state index >= 15 is 0 Å². The highest BCUT2D eigenvalue weighted by molar-refractivity contribution is 9.10. The summed E-state index contributed by atoms with van der Waals surface area (Å²) >= 11 is 3.50. The fraction of sp³-hybridized carbons (Fsp3) is 0.500. The van der Waals surface area contributed by atoms with Crippen LogP contribution in [-0.2, 0) is 6.54 Å². The quantitative estimate of drug-likeness (QED) is 0.428. The number of furan rings is 1. The molecule has 1 N–H and O–H groups in total. The van der Waals surface area contributed by atoms with Crippen molar-refractivity contribution in [3.8, 4) is 11.3 Å². The largest absolute Gasteiger partial charge is 0.460 e. The SMILES string of the molecule is CCCCCCCCNCc1ccc(-c2ccc(Br)cc2C)o1.Cl. The number of halogens is 2. The molecule has 2 nitrogen and oxygen atoms in total. The van der Waals surface area contributed by atoms with Gasteiger partial charge in [-0.2, -0.15) is 0 Å². The van der Waals surface area contributed by atoms with Gasteiger partial charge >= 0.3 is 0 Å². The maximum atomic E-state index is 5.97. The molecule has 1 aromatic heterocycles. The number of aryl methyl sites for hydroxylation is 1. The second-order valence-corrected chi connectivity index (χ2v) is 7.09. The molecule has 0 aliphatic rings. The van der Waals surface area contributed by atoms with E-state index in [1.165, 1.54) is 44.1 Å². The fourth-order valence-electron chi connectivity index (χ4n) is 2.76. The van der Waals surface area contributed by atoms with E-state index in [1.54, 1.807) is 0 Å². The minimum Gasteiger partial charge on any atom is -0.460 e. The van der Waals surface area contributed by atoms with Crippen molar-refractivity contribution in [1.29, 1.82) is 0 Å². The Kier molecular flexibility index (Phi) is 10.4. The predicted octanol–water partition coefficient (Wildman–Crippen LogP) is 6.89. The molecule has 1 aromatic carbocycles. The summed E-state index contributed by atoms with van der Waals surface area (Å²) in [5.41, 5.74) is 2.38. The Balaban J connectivity index is 0.00000288. The Morgan fingerprint density at radius 3 is 2.50 bits per heavy atom. The van der Waals surface area contributed by atoms with Crippen molar-refractivity contribution < 1.29 is 4.42 Å². The zero-order valence-corrected chi connectivity index (χ0v) is 17.1. The average Bonchev–Trinajstić information content (AvgIpc) is 2.98. The Hall–Kier alpha value is -0.770. The summed E-state index contributed by atoms with van der Waals surface area (Å²) in [6.07, 6.45) is 8.01. The molecule has 0 aliphatic carbocycles. The van der Waals surface area contributed by atoms with E-state index in [2.05, 4.69) is 65.4 Å². The first-order valence-corrected chi connectivity index (χ1v) is 9.56. The Morgan fingerprint density at radius 1 is 1.00 bits per heavy atom. The van der Waals surface area contributed by atoms with Gasteiger partial charge in [-0.05, 0) is 55.8 Å². The van der Waals surface area contributed by atoms with E-state index in [1.807, 2.05) is 0 Å². The van der Waals surface area contributed by atoms with Crippen molar-refractivity contribution in [2.24, 2.45) is 0 Å². The van der Waals surface area contributed by atoms with Gasteiger partial charge in [0.2, 0.25) is 0 Å². The van der Waals surface area contributed by atoms with Crippen LogP contribution in [0.3, 0.4) is 0 Å². The monoisotopic (exact) mass is 413 g/mol. The zero-order valence-electron chi connectivity index (χ0n) is 14.7. The van der Waals surface area contributed by atoms with Crippen LogP contribution >= 0.6 is 28.3 Å². The molecule has 1 heterocycles. The van der Waals surface area contributed by atoms with Crippen LogP contribution in [0, 0.1) is 6.92 Å². The molecule has 0 spiro atoms. The Bertz CT molecular complexity index is 597. The molecule has 24 heavy (non-hydrogen) atoms. The van der Waals surface area contributed by atoms with E-state index in [4.69, 9.17) is 4.42 Å². The maximum Gasteiger partial charge on any atom is 0.134 e. The van der Waals surface area contributed by atoms with E-state index < -0.39 is 0 Å². The second kappa shape index (κ2) is 11.7. The molecule has 2 rings (SSSR count). The summed E-state index contributed by atoms with van der Waals surface area (Å²) in [6.45, 7) is 6.25. The van der Waals surface area contributed by atoms with E-state index in [0.717, 1.165) is 34.6 Å². The first kappa shape index (κ1) is 21.3. The summed E-state index contributed by atoms with van der Waals surface area (Å²) in [6, 6.07) is 10.4. The van der Waals surface area contributed by atoms with Gasteiger partial charge in [-0.25, -0.2) is 0 Å². The van der Waals surface area contributed by atoms with Crippen molar-refractivity contribution in [1.82, 2.24) is 5.32 Å². The molecular weight excluding hydrogens is 386 g/mol. The molecule has 0 radical (unpaired) electrons. The van der Waals surface area contributed by atoms with Gasteiger partial charge in [0.1, 0.15) is 11.5 Å². The lowest BCUT2D eigenvalue weighted by molar-refractivity contribution is 0.485. The van der Waals surface area contributed by atoms with Gasteiger partial charge in [-0.1, -0.05) is 55.0 Å². The molecule has 0 bridgehead atoms. The summed E-state index contributed by atoms with van der Waals surface area (Å²) in [5, 5.41) is 3.48. The lowest BCUT2D eigenvalue weighted by atomic mass is 10.1.